The van der Waals surface area contributed by atoms with Crippen molar-refractivity contribution in [2.24, 2.45) is 5.92 Å². The van der Waals surface area contributed by atoms with Gasteiger partial charge in [0.25, 0.3) is 0 Å². The molecule has 2 N–H and O–H groups in total. The van der Waals surface area contributed by atoms with Crippen LogP contribution in [0.2, 0.25) is 0 Å². The van der Waals surface area contributed by atoms with Crippen LogP contribution in [0.4, 0.5) is 10.1 Å². The van der Waals surface area contributed by atoms with Crippen molar-refractivity contribution in [2.45, 2.75) is 19.3 Å². The normalized spacial score (nSPS) is 16.9. The number of halogens is 1. The lowest BCUT2D eigenvalue weighted by Gasteiger charge is -2.28. The Morgan fingerprint density at radius 2 is 2.14 bits per heavy atom. The Morgan fingerprint density at radius 3 is 2.86 bits per heavy atom. The lowest BCUT2D eigenvalue weighted by Crippen LogP contribution is -2.33. The van der Waals surface area contributed by atoms with Gasteiger partial charge in [0.05, 0.1) is 6.54 Å². The summed E-state index contributed by atoms with van der Waals surface area (Å²) in [5, 5.41) is 5.84. The van der Waals surface area contributed by atoms with Gasteiger partial charge in [-0.25, -0.2) is 4.39 Å². The van der Waals surface area contributed by atoms with Gasteiger partial charge in [0.15, 0.2) is 0 Å². The number of amides is 1. The molecule has 5 heteroatoms. The van der Waals surface area contributed by atoms with E-state index in [1.165, 1.54) is 38.1 Å². The predicted octanol–water partition coefficient (Wildman–Crippen LogP) is 2.09. The average molecular weight is 293 g/mol. The first-order valence-electron chi connectivity index (χ1n) is 7.58. The van der Waals surface area contributed by atoms with Gasteiger partial charge in [0.2, 0.25) is 5.91 Å². The minimum atomic E-state index is -0.344. The zero-order chi connectivity index (χ0) is 15.1. The van der Waals surface area contributed by atoms with E-state index < -0.39 is 0 Å². The summed E-state index contributed by atoms with van der Waals surface area (Å²) in [5.41, 5.74) is 0.497. The fourth-order valence-electron chi connectivity index (χ4n) is 2.63. The van der Waals surface area contributed by atoms with Crippen LogP contribution in [-0.2, 0) is 4.79 Å². The van der Waals surface area contributed by atoms with Crippen LogP contribution in [0.5, 0.6) is 0 Å². The Hall–Kier alpha value is -1.46. The van der Waals surface area contributed by atoms with Crippen LogP contribution in [0, 0.1) is 11.7 Å². The van der Waals surface area contributed by atoms with Crippen molar-refractivity contribution >= 4 is 11.6 Å². The number of hydrogen-bond acceptors (Lipinski definition) is 3. The number of hydrogen-bond donors (Lipinski definition) is 2. The van der Waals surface area contributed by atoms with E-state index in [0.717, 1.165) is 18.9 Å². The zero-order valence-corrected chi connectivity index (χ0v) is 12.6. The van der Waals surface area contributed by atoms with Gasteiger partial charge >= 0.3 is 0 Å². The number of benzene rings is 1. The third-order valence-corrected chi connectivity index (χ3v) is 3.96. The molecule has 2 rings (SSSR count). The first-order valence-corrected chi connectivity index (χ1v) is 7.58. The molecule has 1 aromatic rings. The smallest absolute Gasteiger partial charge is 0.238 e. The molecule has 0 bridgehead atoms. The molecule has 116 valence electrons. The Kier molecular flexibility index (Phi) is 6.14. The molecule has 0 unspecified atom stereocenters. The van der Waals surface area contributed by atoms with Crippen molar-refractivity contribution in [1.82, 2.24) is 10.2 Å². The van der Waals surface area contributed by atoms with Gasteiger partial charge < -0.3 is 15.5 Å². The molecule has 1 aromatic carbocycles. The highest BCUT2D eigenvalue weighted by Gasteiger charge is 2.15. The van der Waals surface area contributed by atoms with Crippen molar-refractivity contribution in [2.75, 3.05) is 38.5 Å². The summed E-state index contributed by atoms with van der Waals surface area (Å²) in [6, 6.07) is 5.93. The van der Waals surface area contributed by atoms with E-state index in [-0.39, 0.29) is 18.3 Å². The first kappa shape index (κ1) is 15.9. The minimum absolute atomic E-state index is 0.135. The summed E-state index contributed by atoms with van der Waals surface area (Å²) >= 11 is 0. The molecular formula is C16H24FN3O. The summed E-state index contributed by atoms with van der Waals surface area (Å²) < 4.78 is 13.0. The summed E-state index contributed by atoms with van der Waals surface area (Å²) in [4.78, 5) is 14.1. The van der Waals surface area contributed by atoms with Gasteiger partial charge in [-0.05, 0) is 70.1 Å². The van der Waals surface area contributed by atoms with E-state index in [1.54, 1.807) is 12.1 Å². The van der Waals surface area contributed by atoms with Crippen molar-refractivity contribution in [3.8, 4) is 0 Å². The molecule has 21 heavy (non-hydrogen) atoms. The lowest BCUT2D eigenvalue weighted by molar-refractivity contribution is -0.115. The van der Waals surface area contributed by atoms with E-state index in [2.05, 4.69) is 22.6 Å². The largest absolute Gasteiger partial charge is 0.325 e. The van der Waals surface area contributed by atoms with Gasteiger partial charge in [-0.2, -0.15) is 0 Å². The fourth-order valence-corrected chi connectivity index (χ4v) is 2.63. The van der Waals surface area contributed by atoms with E-state index in [9.17, 15) is 9.18 Å². The van der Waals surface area contributed by atoms with Crippen LogP contribution in [-0.4, -0.2) is 44.0 Å². The number of carbonyl (C=O) groups is 1. The van der Waals surface area contributed by atoms with Crippen molar-refractivity contribution < 1.29 is 9.18 Å². The first-order chi connectivity index (χ1) is 10.1. The Morgan fingerprint density at radius 1 is 1.38 bits per heavy atom. The maximum Gasteiger partial charge on any atom is 0.238 e. The molecule has 0 aliphatic carbocycles. The highest BCUT2D eigenvalue weighted by molar-refractivity contribution is 5.92. The van der Waals surface area contributed by atoms with Gasteiger partial charge in [0.1, 0.15) is 5.82 Å². The quantitative estimate of drug-likeness (QED) is 0.789. The number of likely N-dealkylation sites (tertiary alicyclic amines) is 1. The van der Waals surface area contributed by atoms with Crippen LogP contribution >= 0.6 is 0 Å². The molecule has 0 spiro atoms. The van der Waals surface area contributed by atoms with Crippen molar-refractivity contribution in [1.29, 1.82) is 0 Å². The van der Waals surface area contributed by atoms with Crippen LogP contribution in [0.25, 0.3) is 0 Å². The molecule has 1 amide bonds. The van der Waals surface area contributed by atoms with E-state index >= 15 is 0 Å². The second-order valence-electron chi connectivity index (χ2n) is 5.77. The summed E-state index contributed by atoms with van der Waals surface area (Å²) in [5.74, 6) is 0.284. The molecule has 0 atom stereocenters. The maximum atomic E-state index is 13.0. The van der Waals surface area contributed by atoms with Gasteiger partial charge in [-0.15, -0.1) is 0 Å². The van der Waals surface area contributed by atoms with Crippen LogP contribution in [0.1, 0.15) is 19.3 Å². The lowest BCUT2D eigenvalue weighted by atomic mass is 9.94. The second-order valence-corrected chi connectivity index (χ2v) is 5.77. The maximum absolute atomic E-state index is 13.0. The summed E-state index contributed by atoms with van der Waals surface area (Å²) in [6.07, 6.45) is 3.60. The SMILES string of the molecule is CN1CCC(CCNCC(=O)Nc2cccc(F)c2)CC1. The highest BCUT2D eigenvalue weighted by atomic mass is 19.1. The summed E-state index contributed by atoms with van der Waals surface area (Å²) in [6.45, 7) is 3.46. The van der Waals surface area contributed by atoms with Crippen molar-refractivity contribution in [3.05, 3.63) is 30.1 Å². The molecule has 1 aliphatic heterocycles. The molecule has 1 saturated heterocycles. The molecule has 1 aliphatic rings. The van der Waals surface area contributed by atoms with Crippen LogP contribution in [0.3, 0.4) is 0 Å². The molecular weight excluding hydrogens is 269 g/mol. The van der Waals surface area contributed by atoms with E-state index in [1.807, 2.05) is 0 Å². The standard InChI is InChI=1S/C16H24FN3O/c1-20-9-6-13(7-10-20)5-8-18-12-16(21)19-15-4-2-3-14(17)11-15/h2-4,11,13,18H,5-10,12H2,1H3,(H,19,21). The number of carbonyl (C=O) groups excluding carboxylic acids is 1. The summed E-state index contributed by atoms with van der Waals surface area (Å²) in [7, 11) is 2.16. The van der Waals surface area contributed by atoms with Gasteiger partial charge in [-0.1, -0.05) is 6.07 Å². The zero-order valence-electron chi connectivity index (χ0n) is 12.6. The number of nitrogens with zero attached hydrogens (tertiary/aromatic N) is 1. The second kappa shape index (κ2) is 8.10. The Balaban J connectivity index is 1.59. The average Bonchev–Trinajstić information content (AvgIpc) is 2.45. The highest BCUT2D eigenvalue weighted by Crippen LogP contribution is 2.18. The van der Waals surface area contributed by atoms with Crippen LogP contribution < -0.4 is 10.6 Å². The topological polar surface area (TPSA) is 44.4 Å². The number of rotatable bonds is 6. The third-order valence-electron chi connectivity index (χ3n) is 3.96. The molecule has 1 fully saturated rings. The molecule has 0 radical (unpaired) electrons. The van der Waals surface area contributed by atoms with E-state index in [4.69, 9.17) is 0 Å². The Bertz CT molecular complexity index is 459. The Labute approximate surface area is 125 Å². The van der Waals surface area contributed by atoms with Crippen LogP contribution in [0.15, 0.2) is 24.3 Å². The number of nitrogens with one attached hydrogen (secondary N) is 2. The van der Waals surface area contributed by atoms with Gasteiger partial charge in [-0.3, -0.25) is 4.79 Å². The molecule has 1 heterocycles. The molecule has 0 aromatic heterocycles. The minimum Gasteiger partial charge on any atom is -0.325 e. The number of anilines is 1. The number of piperidine rings is 1. The fraction of sp³-hybridized carbons (Fsp3) is 0.562. The van der Waals surface area contributed by atoms with Crippen molar-refractivity contribution in [3.63, 3.8) is 0 Å². The van der Waals surface area contributed by atoms with Gasteiger partial charge in [0, 0.05) is 5.69 Å². The monoisotopic (exact) mass is 293 g/mol. The molecule has 4 nitrogen and oxygen atoms in total. The molecule has 0 saturated carbocycles. The predicted molar refractivity (Wildman–Crippen MR) is 82.7 cm³/mol. The third kappa shape index (κ3) is 5.81. The van der Waals surface area contributed by atoms with E-state index in [0.29, 0.717) is 5.69 Å².